The Balaban J connectivity index is 1.57. The molecule has 17 heavy (non-hydrogen) atoms. The van der Waals surface area contributed by atoms with Crippen molar-refractivity contribution in [2.24, 2.45) is 0 Å². The van der Waals surface area contributed by atoms with Crippen LogP contribution in [-0.4, -0.2) is 31.1 Å². The molecule has 1 aliphatic rings. The molecule has 96 valence electrons. The molecular formula is C14H24N2O. The van der Waals surface area contributed by atoms with Crippen LogP contribution in [0, 0.1) is 0 Å². The Morgan fingerprint density at radius 3 is 2.88 bits per heavy atom. The number of hydrogen-bond donors (Lipinski definition) is 1. The first kappa shape index (κ1) is 12.7. The molecule has 1 fully saturated rings. The van der Waals surface area contributed by atoms with Gasteiger partial charge in [0.05, 0.1) is 12.8 Å². The number of hydrogen-bond acceptors (Lipinski definition) is 3. The molecule has 2 rings (SSSR count). The smallest absolute Gasteiger partial charge is 0.117 e. The Morgan fingerprint density at radius 1 is 1.35 bits per heavy atom. The van der Waals surface area contributed by atoms with E-state index in [9.17, 15) is 0 Å². The van der Waals surface area contributed by atoms with E-state index < -0.39 is 0 Å². The van der Waals surface area contributed by atoms with Gasteiger partial charge in [-0.1, -0.05) is 19.3 Å². The maximum absolute atomic E-state index is 5.28. The minimum Gasteiger partial charge on any atom is -0.468 e. The van der Waals surface area contributed by atoms with Crippen LogP contribution in [0.15, 0.2) is 22.8 Å². The summed E-state index contributed by atoms with van der Waals surface area (Å²) in [6.45, 7) is 3.00. The predicted octanol–water partition coefficient (Wildman–Crippen LogP) is 2.63. The Hall–Kier alpha value is -0.800. The summed E-state index contributed by atoms with van der Waals surface area (Å²) in [4.78, 5) is 2.51. The Kier molecular flexibility index (Phi) is 5.08. The monoisotopic (exact) mass is 236 g/mol. The molecule has 1 aromatic rings. The molecule has 1 N–H and O–H groups in total. The van der Waals surface area contributed by atoms with Crippen molar-refractivity contribution >= 4 is 0 Å². The van der Waals surface area contributed by atoms with E-state index >= 15 is 0 Å². The predicted molar refractivity (Wildman–Crippen MR) is 69.9 cm³/mol. The topological polar surface area (TPSA) is 28.4 Å². The Morgan fingerprint density at radius 2 is 2.18 bits per heavy atom. The summed E-state index contributed by atoms with van der Waals surface area (Å²) in [7, 11) is 2.25. The molecule has 1 aliphatic carbocycles. The lowest BCUT2D eigenvalue weighted by Crippen LogP contribution is -2.37. The highest BCUT2D eigenvalue weighted by atomic mass is 16.3. The van der Waals surface area contributed by atoms with Crippen molar-refractivity contribution in [1.82, 2.24) is 10.2 Å². The van der Waals surface area contributed by atoms with Gasteiger partial charge in [0.2, 0.25) is 0 Å². The molecule has 0 unspecified atom stereocenters. The van der Waals surface area contributed by atoms with Gasteiger partial charge in [0.15, 0.2) is 0 Å². The molecule has 0 aromatic carbocycles. The molecule has 0 amide bonds. The second-order valence-corrected chi connectivity index (χ2v) is 5.03. The van der Waals surface area contributed by atoms with Crippen molar-refractivity contribution in [2.75, 3.05) is 20.1 Å². The quantitative estimate of drug-likeness (QED) is 0.770. The lowest BCUT2D eigenvalue weighted by Gasteiger charge is -2.31. The molecule has 0 saturated heterocycles. The fourth-order valence-corrected chi connectivity index (χ4v) is 2.58. The van der Waals surface area contributed by atoms with Crippen molar-refractivity contribution < 1.29 is 4.42 Å². The van der Waals surface area contributed by atoms with Gasteiger partial charge >= 0.3 is 0 Å². The molecule has 3 nitrogen and oxygen atoms in total. The average Bonchev–Trinajstić information content (AvgIpc) is 2.88. The van der Waals surface area contributed by atoms with Gasteiger partial charge < -0.3 is 14.6 Å². The maximum Gasteiger partial charge on any atom is 0.117 e. The van der Waals surface area contributed by atoms with Crippen LogP contribution in [0.1, 0.15) is 37.9 Å². The zero-order valence-electron chi connectivity index (χ0n) is 10.8. The van der Waals surface area contributed by atoms with Crippen LogP contribution < -0.4 is 5.32 Å². The number of nitrogens with one attached hydrogen (secondary N) is 1. The van der Waals surface area contributed by atoms with Gasteiger partial charge in [-0.15, -0.1) is 0 Å². The molecule has 1 heterocycles. The maximum atomic E-state index is 5.28. The van der Waals surface area contributed by atoms with Gasteiger partial charge in [0.1, 0.15) is 5.76 Å². The summed E-state index contributed by atoms with van der Waals surface area (Å²) in [6, 6.07) is 4.76. The van der Waals surface area contributed by atoms with Gasteiger partial charge in [-0.05, 0) is 32.0 Å². The fourth-order valence-electron chi connectivity index (χ4n) is 2.58. The first-order valence-electron chi connectivity index (χ1n) is 6.79. The Labute approximate surface area is 104 Å². The van der Waals surface area contributed by atoms with Crippen LogP contribution in [0.5, 0.6) is 0 Å². The van der Waals surface area contributed by atoms with E-state index in [1.807, 2.05) is 12.1 Å². The first-order chi connectivity index (χ1) is 8.36. The first-order valence-corrected chi connectivity index (χ1v) is 6.79. The van der Waals surface area contributed by atoms with Gasteiger partial charge in [-0.3, -0.25) is 0 Å². The van der Waals surface area contributed by atoms with E-state index in [4.69, 9.17) is 4.42 Å². The molecule has 0 aliphatic heterocycles. The average molecular weight is 236 g/mol. The highest BCUT2D eigenvalue weighted by molar-refractivity contribution is 4.97. The highest BCUT2D eigenvalue weighted by Crippen LogP contribution is 2.21. The molecule has 0 spiro atoms. The lowest BCUT2D eigenvalue weighted by molar-refractivity contribution is 0.192. The zero-order chi connectivity index (χ0) is 11.9. The number of likely N-dealkylation sites (N-methyl/N-ethyl adjacent to an activating group) is 1. The van der Waals surface area contributed by atoms with E-state index in [0.717, 1.165) is 31.4 Å². The lowest BCUT2D eigenvalue weighted by atomic mass is 9.94. The van der Waals surface area contributed by atoms with Gasteiger partial charge in [-0.25, -0.2) is 0 Å². The molecule has 1 saturated carbocycles. The third-order valence-corrected chi connectivity index (χ3v) is 3.72. The van der Waals surface area contributed by atoms with Crippen LogP contribution in [-0.2, 0) is 6.54 Å². The van der Waals surface area contributed by atoms with Crippen molar-refractivity contribution in [3.8, 4) is 0 Å². The third kappa shape index (κ3) is 4.17. The van der Waals surface area contributed by atoms with Crippen molar-refractivity contribution in [3.63, 3.8) is 0 Å². The van der Waals surface area contributed by atoms with Gasteiger partial charge in [-0.2, -0.15) is 0 Å². The SMILES string of the molecule is CN(CCNCc1ccco1)C1CCCCC1. The van der Waals surface area contributed by atoms with E-state index in [0.29, 0.717) is 0 Å². The highest BCUT2D eigenvalue weighted by Gasteiger charge is 2.17. The number of rotatable bonds is 6. The van der Waals surface area contributed by atoms with Crippen LogP contribution in [0.25, 0.3) is 0 Å². The van der Waals surface area contributed by atoms with Crippen LogP contribution in [0.4, 0.5) is 0 Å². The summed E-state index contributed by atoms with van der Waals surface area (Å²) in [5.74, 6) is 1.02. The number of furan rings is 1. The van der Waals surface area contributed by atoms with Crippen molar-refractivity contribution in [1.29, 1.82) is 0 Å². The van der Waals surface area contributed by atoms with Gasteiger partial charge in [0, 0.05) is 19.1 Å². The molecule has 0 radical (unpaired) electrons. The minimum absolute atomic E-state index is 0.814. The minimum atomic E-state index is 0.814. The van der Waals surface area contributed by atoms with Crippen LogP contribution in [0.3, 0.4) is 0 Å². The van der Waals surface area contributed by atoms with Crippen molar-refractivity contribution in [2.45, 2.75) is 44.7 Å². The summed E-state index contributed by atoms with van der Waals surface area (Å²) in [5, 5.41) is 3.42. The molecule has 1 aromatic heterocycles. The van der Waals surface area contributed by atoms with Crippen LogP contribution >= 0.6 is 0 Å². The molecule has 0 atom stereocenters. The summed E-state index contributed by atoms with van der Waals surface area (Å²) >= 11 is 0. The second-order valence-electron chi connectivity index (χ2n) is 5.03. The standard InChI is InChI=1S/C14H24N2O/c1-16(13-6-3-2-4-7-13)10-9-15-12-14-8-5-11-17-14/h5,8,11,13,15H,2-4,6-7,9-10,12H2,1H3. The van der Waals surface area contributed by atoms with E-state index in [1.165, 1.54) is 32.1 Å². The second kappa shape index (κ2) is 6.82. The molecular weight excluding hydrogens is 212 g/mol. The fraction of sp³-hybridized carbons (Fsp3) is 0.714. The van der Waals surface area contributed by atoms with Crippen molar-refractivity contribution in [3.05, 3.63) is 24.2 Å². The normalized spacial score (nSPS) is 17.8. The summed E-state index contributed by atoms with van der Waals surface area (Å²) in [5.41, 5.74) is 0. The third-order valence-electron chi connectivity index (χ3n) is 3.72. The van der Waals surface area contributed by atoms with E-state index in [-0.39, 0.29) is 0 Å². The van der Waals surface area contributed by atoms with E-state index in [2.05, 4.69) is 17.3 Å². The summed E-state index contributed by atoms with van der Waals surface area (Å²) < 4.78 is 5.28. The Bertz CT molecular complexity index is 291. The van der Waals surface area contributed by atoms with E-state index in [1.54, 1.807) is 6.26 Å². The molecule has 3 heteroatoms. The van der Waals surface area contributed by atoms with Crippen LogP contribution in [0.2, 0.25) is 0 Å². The summed E-state index contributed by atoms with van der Waals surface area (Å²) in [6.07, 6.45) is 8.75. The number of nitrogens with zero attached hydrogens (tertiary/aromatic N) is 1. The molecule has 0 bridgehead atoms. The zero-order valence-corrected chi connectivity index (χ0v) is 10.8. The largest absolute Gasteiger partial charge is 0.468 e. The van der Waals surface area contributed by atoms with Gasteiger partial charge in [0.25, 0.3) is 0 Å².